The summed E-state index contributed by atoms with van der Waals surface area (Å²) in [5.41, 5.74) is 6.38. The third-order valence-corrected chi connectivity index (χ3v) is 5.82. The summed E-state index contributed by atoms with van der Waals surface area (Å²) in [6.45, 7) is 3.99. The Morgan fingerprint density at radius 2 is 1.93 bits per heavy atom. The van der Waals surface area contributed by atoms with E-state index < -0.39 is 11.9 Å². The monoisotopic (exact) mass is 378 g/mol. The van der Waals surface area contributed by atoms with Crippen LogP contribution in [0.4, 0.5) is 0 Å². The van der Waals surface area contributed by atoms with Crippen LogP contribution in [0.5, 0.6) is 5.88 Å². The molecule has 5 nitrogen and oxygen atoms in total. The number of pyridine rings is 1. The molecule has 1 aromatic carbocycles. The van der Waals surface area contributed by atoms with Crippen molar-refractivity contribution in [2.75, 3.05) is 0 Å². The number of nitrogens with zero attached hydrogens (tertiary/aromatic N) is 1. The van der Waals surface area contributed by atoms with Crippen molar-refractivity contribution < 1.29 is 15.0 Å². The van der Waals surface area contributed by atoms with Gasteiger partial charge in [-0.15, -0.1) is 0 Å². The highest BCUT2D eigenvalue weighted by Crippen LogP contribution is 2.44. The Morgan fingerprint density at radius 1 is 1.21 bits per heavy atom. The van der Waals surface area contributed by atoms with Crippen molar-refractivity contribution in [1.82, 2.24) is 9.97 Å². The summed E-state index contributed by atoms with van der Waals surface area (Å²) in [7, 11) is 0. The molecule has 1 aliphatic carbocycles. The Hall–Kier alpha value is -2.82. The van der Waals surface area contributed by atoms with Gasteiger partial charge in [-0.3, -0.25) is 4.79 Å². The van der Waals surface area contributed by atoms with Gasteiger partial charge in [-0.2, -0.15) is 4.98 Å². The second-order valence-corrected chi connectivity index (χ2v) is 7.78. The number of carboxylic acids is 1. The van der Waals surface area contributed by atoms with Gasteiger partial charge in [0.1, 0.15) is 5.65 Å². The lowest BCUT2D eigenvalue weighted by Crippen LogP contribution is -2.14. The van der Waals surface area contributed by atoms with E-state index in [2.05, 4.69) is 9.97 Å². The quantitative estimate of drug-likeness (QED) is 0.577. The lowest BCUT2D eigenvalue weighted by atomic mass is 9.84. The van der Waals surface area contributed by atoms with Crippen molar-refractivity contribution in [2.24, 2.45) is 0 Å². The minimum atomic E-state index is -0.920. The van der Waals surface area contributed by atoms with E-state index in [-0.39, 0.29) is 5.88 Å². The third kappa shape index (κ3) is 3.05. The van der Waals surface area contributed by atoms with Crippen molar-refractivity contribution in [3.8, 4) is 17.0 Å². The number of carboxylic acid groups (broad SMARTS) is 1. The first-order chi connectivity index (χ1) is 13.5. The zero-order valence-electron chi connectivity index (χ0n) is 16.4. The first-order valence-electron chi connectivity index (χ1n) is 10.1. The molecule has 0 saturated carbocycles. The second kappa shape index (κ2) is 7.30. The van der Waals surface area contributed by atoms with Gasteiger partial charge in [0.05, 0.1) is 5.92 Å². The molecule has 3 aromatic rings. The van der Waals surface area contributed by atoms with E-state index in [1.807, 2.05) is 38.1 Å². The summed E-state index contributed by atoms with van der Waals surface area (Å²) in [5, 5.41) is 21.7. The molecule has 0 bridgehead atoms. The van der Waals surface area contributed by atoms with Crippen LogP contribution in [0.2, 0.25) is 0 Å². The Morgan fingerprint density at radius 3 is 2.61 bits per heavy atom. The summed E-state index contributed by atoms with van der Waals surface area (Å²) in [5.74, 6) is -1.88. The highest BCUT2D eigenvalue weighted by atomic mass is 16.4. The Balaban J connectivity index is 2.09. The van der Waals surface area contributed by atoms with Crippen molar-refractivity contribution in [2.45, 2.75) is 58.3 Å². The van der Waals surface area contributed by atoms with Crippen LogP contribution in [-0.2, 0) is 17.6 Å². The highest BCUT2D eigenvalue weighted by molar-refractivity contribution is 6.01. The molecule has 146 valence electrons. The molecule has 0 fully saturated rings. The van der Waals surface area contributed by atoms with Crippen LogP contribution in [-0.4, -0.2) is 26.2 Å². The molecule has 28 heavy (non-hydrogen) atoms. The maximum absolute atomic E-state index is 12.1. The Labute approximate surface area is 164 Å². The van der Waals surface area contributed by atoms with Crippen LogP contribution in [0.15, 0.2) is 24.3 Å². The molecule has 2 aromatic heterocycles. The van der Waals surface area contributed by atoms with Crippen LogP contribution in [0, 0.1) is 6.92 Å². The molecule has 0 saturated heterocycles. The number of aromatic amines is 1. The molecule has 5 heteroatoms. The first-order valence-corrected chi connectivity index (χ1v) is 10.1. The molecule has 0 radical (unpaired) electrons. The minimum Gasteiger partial charge on any atom is -0.493 e. The number of rotatable bonds is 5. The molecule has 1 atom stereocenters. The lowest BCUT2D eigenvalue weighted by Gasteiger charge is -2.20. The van der Waals surface area contributed by atoms with Crippen LogP contribution in [0.1, 0.15) is 60.9 Å². The summed E-state index contributed by atoms with van der Waals surface area (Å²) in [4.78, 5) is 19.9. The summed E-state index contributed by atoms with van der Waals surface area (Å²) in [6.07, 6.45) is 5.33. The largest absolute Gasteiger partial charge is 0.493 e. The number of fused-ring (bicyclic) bond motifs is 3. The van der Waals surface area contributed by atoms with Crippen LogP contribution in [0.25, 0.3) is 22.2 Å². The molecule has 4 rings (SSSR count). The van der Waals surface area contributed by atoms with Gasteiger partial charge in [0.25, 0.3) is 0 Å². The zero-order chi connectivity index (χ0) is 19.8. The number of H-pyrrole nitrogens is 1. The van der Waals surface area contributed by atoms with Crippen LogP contribution in [0.3, 0.4) is 0 Å². The van der Waals surface area contributed by atoms with Crippen LogP contribution < -0.4 is 0 Å². The van der Waals surface area contributed by atoms with Gasteiger partial charge < -0.3 is 15.2 Å². The number of aryl methyl sites for hydroxylation is 3. The minimum absolute atomic E-state index is 0.178. The number of benzene rings is 1. The fourth-order valence-corrected chi connectivity index (χ4v) is 4.46. The number of hydrogen-bond acceptors (Lipinski definition) is 3. The van der Waals surface area contributed by atoms with E-state index in [0.717, 1.165) is 47.8 Å². The SMILES string of the molecule is CCCC(C(=O)O)c1c(O)nc2[nH]c3c(c2c1-c1ccc(C)cc1)CCCC3. The van der Waals surface area contributed by atoms with Crippen molar-refractivity contribution in [3.63, 3.8) is 0 Å². The van der Waals surface area contributed by atoms with Crippen molar-refractivity contribution in [1.29, 1.82) is 0 Å². The van der Waals surface area contributed by atoms with Crippen molar-refractivity contribution >= 4 is 17.0 Å². The van der Waals surface area contributed by atoms with E-state index in [0.29, 0.717) is 24.1 Å². The van der Waals surface area contributed by atoms with Gasteiger partial charge in [-0.1, -0.05) is 43.2 Å². The molecule has 0 spiro atoms. The predicted octanol–water partition coefficient (Wildman–Crippen LogP) is 5.09. The number of aliphatic carboxylic acids is 1. The number of carbonyl (C=O) groups is 1. The normalized spacial score (nSPS) is 14.8. The van der Waals surface area contributed by atoms with Gasteiger partial charge in [-0.25, -0.2) is 0 Å². The molecular weight excluding hydrogens is 352 g/mol. The van der Waals surface area contributed by atoms with E-state index >= 15 is 0 Å². The maximum atomic E-state index is 12.1. The van der Waals surface area contributed by atoms with Gasteiger partial charge in [0.2, 0.25) is 5.88 Å². The smallest absolute Gasteiger partial charge is 0.311 e. The molecule has 0 amide bonds. The summed E-state index contributed by atoms with van der Waals surface area (Å²) < 4.78 is 0. The summed E-state index contributed by atoms with van der Waals surface area (Å²) >= 11 is 0. The standard InChI is InChI=1S/C23H26N2O3/c1-3-6-16(23(27)28)20-18(14-11-9-13(2)10-12-14)19-15-7-4-5-8-17(15)24-21(19)25-22(20)26/h9-12,16H,3-8H2,1-2H3,(H,27,28)(H2,24,25,26). The maximum Gasteiger partial charge on any atom is 0.311 e. The fourth-order valence-electron chi connectivity index (χ4n) is 4.46. The van der Waals surface area contributed by atoms with E-state index in [4.69, 9.17) is 0 Å². The molecule has 3 N–H and O–H groups in total. The van der Waals surface area contributed by atoms with E-state index in [1.165, 1.54) is 11.3 Å². The average Bonchev–Trinajstić information content (AvgIpc) is 3.04. The number of aromatic hydroxyl groups is 1. The van der Waals surface area contributed by atoms with Crippen LogP contribution >= 0.6 is 0 Å². The first kappa shape index (κ1) is 18.5. The molecule has 1 unspecified atom stereocenters. The topological polar surface area (TPSA) is 86.2 Å². The number of nitrogens with one attached hydrogen (secondary N) is 1. The van der Waals surface area contributed by atoms with E-state index in [1.54, 1.807) is 0 Å². The van der Waals surface area contributed by atoms with Gasteiger partial charge in [-0.05, 0) is 50.2 Å². The zero-order valence-corrected chi connectivity index (χ0v) is 16.4. The lowest BCUT2D eigenvalue weighted by molar-refractivity contribution is -0.139. The molecule has 2 heterocycles. The Kier molecular flexibility index (Phi) is 4.84. The van der Waals surface area contributed by atoms with Gasteiger partial charge >= 0.3 is 5.97 Å². The second-order valence-electron chi connectivity index (χ2n) is 7.78. The van der Waals surface area contributed by atoms with Gasteiger partial charge in [0.15, 0.2) is 0 Å². The fraction of sp³-hybridized carbons (Fsp3) is 0.391. The van der Waals surface area contributed by atoms with Crippen molar-refractivity contribution in [3.05, 3.63) is 46.6 Å². The molecule has 1 aliphatic rings. The van der Waals surface area contributed by atoms with E-state index in [9.17, 15) is 15.0 Å². The average molecular weight is 378 g/mol. The number of hydrogen-bond donors (Lipinski definition) is 3. The summed E-state index contributed by atoms with van der Waals surface area (Å²) in [6, 6.07) is 8.08. The number of aromatic nitrogens is 2. The highest BCUT2D eigenvalue weighted by Gasteiger charge is 2.31. The molecular formula is C23H26N2O3. The van der Waals surface area contributed by atoms with Gasteiger partial charge in [0, 0.05) is 22.2 Å². The third-order valence-electron chi connectivity index (χ3n) is 5.82. The Bertz CT molecular complexity index is 1030. The predicted molar refractivity (Wildman–Crippen MR) is 110 cm³/mol. The molecule has 0 aliphatic heterocycles.